The molecule has 1 amide bonds. The zero-order chi connectivity index (χ0) is 20.5. The number of aromatic nitrogens is 2. The van der Waals surface area contributed by atoms with E-state index in [2.05, 4.69) is 57.0 Å². The third kappa shape index (κ3) is 3.65. The van der Waals surface area contributed by atoms with Crippen molar-refractivity contribution in [1.82, 2.24) is 14.7 Å². The second kappa shape index (κ2) is 8.17. The molecule has 0 fully saturated rings. The summed E-state index contributed by atoms with van der Waals surface area (Å²) in [5, 5.41) is 4.73. The summed E-state index contributed by atoms with van der Waals surface area (Å²) in [6.45, 7) is 9.95. The Morgan fingerprint density at radius 3 is 2.83 bits per heavy atom. The molecule has 0 radical (unpaired) electrons. The second-order valence-corrected chi connectivity index (χ2v) is 8.96. The monoisotopic (exact) mass is 425 g/mol. The van der Waals surface area contributed by atoms with Crippen LogP contribution >= 0.6 is 22.9 Å². The third-order valence-electron chi connectivity index (χ3n) is 5.53. The Morgan fingerprint density at radius 1 is 1.31 bits per heavy atom. The maximum atomic E-state index is 12.4. The first-order valence-corrected chi connectivity index (χ1v) is 11.1. The fourth-order valence-electron chi connectivity index (χ4n) is 4.10. The van der Waals surface area contributed by atoms with Crippen LogP contribution in [0.25, 0.3) is 11.1 Å². The Hall–Kier alpha value is -2.37. The predicted octanol–water partition coefficient (Wildman–Crippen LogP) is 5.51. The number of amides is 1. The molecule has 0 unspecified atom stereocenters. The average Bonchev–Trinajstić information content (AvgIpc) is 3.34. The highest BCUT2D eigenvalue weighted by Crippen LogP contribution is 2.43. The van der Waals surface area contributed by atoms with Gasteiger partial charge in [0.05, 0.1) is 16.6 Å². The Balaban J connectivity index is 1.86. The summed E-state index contributed by atoms with van der Waals surface area (Å²) < 4.78 is 2.75. The second-order valence-electron chi connectivity index (χ2n) is 7.19. The SMILES string of the molecule is C=CC(=O)N1Cc2sc(Cl)cc2[C@H](c2ccccc2-c2cn(CC)nc2CC)C1. The summed E-state index contributed by atoms with van der Waals surface area (Å²) in [4.78, 5) is 15.4. The van der Waals surface area contributed by atoms with Crippen LogP contribution in [-0.2, 0) is 24.3 Å². The van der Waals surface area contributed by atoms with Gasteiger partial charge in [-0.1, -0.05) is 49.4 Å². The smallest absolute Gasteiger partial charge is 0.246 e. The van der Waals surface area contributed by atoms with Crippen molar-refractivity contribution in [2.45, 2.75) is 39.3 Å². The standard InChI is InChI=1S/C23H24ClN3OS/c1-4-20-19(13-27(6-3)25-20)16-10-8-7-9-15(16)18-12-26(23(28)5-2)14-21-17(18)11-22(24)29-21/h5,7-11,13,18H,2,4,6,12,14H2,1,3H3/t18-/m0/s1. The van der Waals surface area contributed by atoms with Crippen molar-refractivity contribution >= 4 is 28.8 Å². The normalized spacial score (nSPS) is 16.0. The average molecular weight is 426 g/mol. The summed E-state index contributed by atoms with van der Waals surface area (Å²) >= 11 is 7.93. The van der Waals surface area contributed by atoms with E-state index in [1.807, 2.05) is 9.58 Å². The van der Waals surface area contributed by atoms with Gasteiger partial charge in [-0.2, -0.15) is 5.10 Å². The first-order valence-electron chi connectivity index (χ1n) is 9.90. The highest BCUT2D eigenvalue weighted by molar-refractivity contribution is 7.16. The van der Waals surface area contributed by atoms with E-state index in [1.165, 1.54) is 28.3 Å². The molecule has 0 saturated heterocycles. The number of benzene rings is 1. The number of aryl methyl sites for hydroxylation is 2. The van der Waals surface area contributed by atoms with Gasteiger partial charge in [0, 0.05) is 35.6 Å². The molecule has 4 nitrogen and oxygen atoms in total. The zero-order valence-corrected chi connectivity index (χ0v) is 18.3. The molecule has 0 N–H and O–H groups in total. The van der Waals surface area contributed by atoms with Gasteiger partial charge in [0.2, 0.25) is 5.91 Å². The van der Waals surface area contributed by atoms with Gasteiger partial charge < -0.3 is 4.90 Å². The van der Waals surface area contributed by atoms with Crippen LogP contribution < -0.4 is 0 Å². The molecule has 3 heterocycles. The molecular formula is C23H24ClN3OS. The van der Waals surface area contributed by atoms with Gasteiger partial charge in [-0.15, -0.1) is 11.3 Å². The lowest BCUT2D eigenvalue weighted by Crippen LogP contribution is -2.37. The Labute approximate surface area is 180 Å². The molecule has 4 rings (SSSR count). The molecule has 3 aromatic rings. The van der Waals surface area contributed by atoms with Gasteiger partial charge in [-0.05, 0) is 42.2 Å². The van der Waals surface area contributed by atoms with Crippen LogP contribution in [-0.4, -0.2) is 27.1 Å². The zero-order valence-electron chi connectivity index (χ0n) is 16.7. The van der Waals surface area contributed by atoms with E-state index in [1.54, 1.807) is 11.3 Å². The summed E-state index contributed by atoms with van der Waals surface area (Å²) in [5.74, 6) is 0.0213. The first kappa shape index (κ1) is 19.9. The summed E-state index contributed by atoms with van der Waals surface area (Å²) in [5.41, 5.74) is 5.87. The van der Waals surface area contributed by atoms with Gasteiger partial charge in [0.1, 0.15) is 0 Å². The number of halogens is 1. The molecule has 1 aliphatic heterocycles. The van der Waals surface area contributed by atoms with Crippen LogP contribution in [0.4, 0.5) is 0 Å². The van der Waals surface area contributed by atoms with Gasteiger partial charge in [0.15, 0.2) is 0 Å². The molecule has 2 aromatic heterocycles. The number of fused-ring (bicyclic) bond motifs is 1. The molecular weight excluding hydrogens is 402 g/mol. The van der Waals surface area contributed by atoms with E-state index in [-0.39, 0.29) is 11.8 Å². The third-order valence-corrected chi connectivity index (χ3v) is 6.80. The molecule has 0 spiro atoms. The van der Waals surface area contributed by atoms with Gasteiger partial charge in [-0.3, -0.25) is 9.48 Å². The lowest BCUT2D eigenvalue weighted by molar-refractivity contribution is -0.127. The minimum atomic E-state index is -0.0456. The largest absolute Gasteiger partial charge is 0.333 e. The van der Waals surface area contributed by atoms with Crippen molar-refractivity contribution in [3.8, 4) is 11.1 Å². The van der Waals surface area contributed by atoms with Crippen LogP contribution in [0.2, 0.25) is 4.34 Å². The van der Waals surface area contributed by atoms with Crippen LogP contribution in [0.1, 0.15) is 41.5 Å². The minimum absolute atomic E-state index is 0.0456. The van der Waals surface area contributed by atoms with Gasteiger partial charge in [-0.25, -0.2) is 0 Å². The lowest BCUT2D eigenvalue weighted by atomic mass is 9.84. The maximum Gasteiger partial charge on any atom is 0.246 e. The van der Waals surface area contributed by atoms with Crippen LogP contribution in [0, 0.1) is 0 Å². The van der Waals surface area contributed by atoms with E-state index in [0.29, 0.717) is 13.1 Å². The number of hydrogen-bond donors (Lipinski definition) is 0. The molecule has 0 saturated carbocycles. The number of rotatable bonds is 5. The molecule has 0 aliphatic carbocycles. The predicted molar refractivity (Wildman–Crippen MR) is 120 cm³/mol. The fourth-order valence-corrected chi connectivity index (χ4v) is 5.46. The minimum Gasteiger partial charge on any atom is -0.333 e. The van der Waals surface area contributed by atoms with Crippen LogP contribution in [0.15, 0.2) is 49.2 Å². The highest BCUT2D eigenvalue weighted by atomic mass is 35.5. The van der Waals surface area contributed by atoms with Crippen molar-refractivity contribution in [2.24, 2.45) is 0 Å². The Kier molecular flexibility index (Phi) is 5.61. The van der Waals surface area contributed by atoms with Crippen molar-refractivity contribution in [3.05, 3.63) is 75.2 Å². The van der Waals surface area contributed by atoms with Crippen LogP contribution in [0.5, 0.6) is 0 Å². The van der Waals surface area contributed by atoms with E-state index in [9.17, 15) is 4.79 Å². The number of carbonyl (C=O) groups excluding carboxylic acids is 1. The Morgan fingerprint density at radius 2 is 2.10 bits per heavy atom. The van der Waals surface area contributed by atoms with Crippen molar-refractivity contribution in [2.75, 3.05) is 6.54 Å². The van der Waals surface area contributed by atoms with Crippen molar-refractivity contribution in [3.63, 3.8) is 0 Å². The quantitative estimate of drug-likeness (QED) is 0.505. The molecule has 150 valence electrons. The lowest BCUT2D eigenvalue weighted by Gasteiger charge is -2.33. The topological polar surface area (TPSA) is 38.1 Å². The van der Waals surface area contributed by atoms with Crippen molar-refractivity contribution < 1.29 is 4.79 Å². The number of thiophene rings is 1. The molecule has 1 aliphatic rings. The fraction of sp³-hybridized carbons (Fsp3) is 0.304. The molecule has 0 bridgehead atoms. The molecule has 29 heavy (non-hydrogen) atoms. The maximum absolute atomic E-state index is 12.4. The number of carbonyl (C=O) groups is 1. The van der Waals surface area contributed by atoms with Gasteiger partial charge >= 0.3 is 0 Å². The van der Waals surface area contributed by atoms with Crippen molar-refractivity contribution in [1.29, 1.82) is 0 Å². The molecule has 1 atom stereocenters. The number of nitrogens with zero attached hydrogens (tertiary/aromatic N) is 3. The molecule has 1 aromatic carbocycles. The summed E-state index contributed by atoms with van der Waals surface area (Å²) in [6.07, 6.45) is 4.40. The highest BCUT2D eigenvalue weighted by Gasteiger charge is 2.32. The van der Waals surface area contributed by atoms with E-state index in [0.717, 1.165) is 27.9 Å². The van der Waals surface area contributed by atoms with E-state index in [4.69, 9.17) is 16.7 Å². The molecule has 6 heteroatoms. The van der Waals surface area contributed by atoms with E-state index < -0.39 is 0 Å². The Bertz CT molecular complexity index is 1070. The van der Waals surface area contributed by atoms with Gasteiger partial charge in [0.25, 0.3) is 0 Å². The van der Waals surface area contributed by atoms with Crippen LogP contribution in [0.3, 0.4) is 0 Å². The van der Waals surface area contributed by atoms with E-state index >= 15 is 0 Å². The summed E-state index contributed by atoms with van der Waals surface area (Å²) in [7, 11) is 0. The summed E-state index contributed by atoms with van der Waals surface area (Å²) in [6, 6.07) is 10.5. The number of hydrogen-bond acceptors (Lipinski definition) is 3. The first-order chi connectivity index (χ1) is 14.0.